The topological polar surface area (TPSA) is 56.1 Å². The van der Waals surface area contributed by atoms with Crippen molar-refractivity contribution >= 4 is 5.97 Å². The molecule has 1 aromatic rings. The first kappa shape index (κ1) is 12.7. The van der Waals surface area contributed by atoms with Gasteiger partial charge in [0.15, 0.2) is 0 Å². The van der Waals surface area contributed by atoms with Gasteiger partial charge in [-0.15, -0.1) is 0 Å². The number of carbonyl (C=O) groups is 1. The minimum absolute atomic E-state index is 0.132. The molecule has 0 saturated heterocycles. The van der Waals surface area contributed by atoms with Gasteiger partial charge in [-0.2, -0.15) is 0 Å². The quantitative estimate of drug-likeness (QED) is 0.716. The summed E-state index contributed by atoms with van der Waals surface area (Å²) in [4.78, 5) is 15.2. The molecular formula is C11H19N3O2. The molecule has 0 aliphatic heterocycles. The SMILES string of the molecule is COC(=O)CC(C)NCCc1nccn1C. The number of methoxy groups -OCH3 is 1. The molecule has 1 N–H and O–H groups in total. The number of nitrogens with zero attached hydrogens (tertiary/aromatic N) is 2. The van der Waals surface area contributed by atoms with Crippen LogP contribution >= 0.6 is 0 Å². The van der Waals surface area contributed by atoms with Crippen molar-refractivity contribution in [2.24, 2.45) is 7.05 Å². The summed E-state index contributed by atoms with van der Waals surface area (Å²) < 4.78 is 6.59. The van der Waals surface area contributed by atoms with Gasteiger partial charge in [-0.05, 0) is 6.92 Å². The maximum atomic E-state index is 11.0. The fourth-order valence-electron chi connectivity index (χ4n) is 1.47. The van der Waals surface area contributed by atoms with Crippen LogP contribution in [0.5, 0.6) is 0 Å². The lowest BCUT2D eigenvalue weighted by Crippen LogP contribution is -2.31. The van der Waals surface area contributed by atoms with Gasteiger partial charge in [0.2, 0.25) is 0 Å². The first-order valence-corrected chi connectivity index (χ1v) is 5.40. The van der Waals surface area contributed by atoms with Crippen molar-refractivity contribution in [1.29, 1.82) is 0 Å². The molecule has 1 rings (SSSR count). The summed E-state index contributed by atoms with van der Waals surface area (Å²) in [6.45, 7) is 2.78. The van der Waals surface area contributed by atoms with E-state index in [2.05, 4.69) is 15.0 Å². The number of hydrogen-bond acceptors (Lipinski definition) is 4. The van der Waals surface area contributed by atoms with E-state index in [-0.39, 0.29) is 12.0 Å². The highest BCUT2D eigenvalue weighted by Gasteiger charge is 2.08. The molecule has 0 amide bonds. The van der Waals surface area contributed by atoms with Crippen molar-refractivity contribution in [1.82, 2.24) is 14.9 Å². The second-order valence-electron chi connectivity index (χ2n) is 3.84. The zero-order chi connectivity index (χ0) is 12.0. The number of rotatable bonds is 6. The van der Waals surface area contributed by atoms with Crippen LogP contribution in [0.4, 0.5) is 0 Å². The molecule has 0 spiro atoms. The molecule has 0 radical (unpaired) electrons. The number of imidazole rings is 1. The van der Waals surface area contributed by atoms with E-state index in [1.54, 1.807) is 6.20 Å². The van der Waals surface area contributed by atoms with Crippen LogP contribution in [0.1, 0.15) is 19.2 Å². The molecule has 0 aliphatic rings. The first-order valence-electron chi connectivity index (χ1n) is 5.40. The Balaban J connectivity index is 2.20. The molecule has 0 fully saturated rings. The van der Waals surface area contributed by atoms with E-state index in [9.17, 15) is 4.79 Å². The van der Waals surface area contributed by atoms with Crippen molar-refractivity contribution in [2.75, 3.05) is 13.7 Å². The summed E-state index contributed by atoms with van der Waals surface area (Å²) in [6, 6.07) is 0.132. The van der Waals surface area contributed by atoms with Crippen LogP contribution in [0.25, 0.3) is 0 Å². The van der Waals surface area contributed by atoms with Crippen LogP contribution in [0.15, 0.2) is 12.4 Å². The third kappa shape index (κ3) is 4.02. The van der Waals surface area contributed by atoms with Crippen molar-refractivity contribution < 1.29 is 9.53 Å². The smallest absolute Gasteiger partial charge is 0.307 e. The van der Waals surface area contributed by atoms with Crippen LogP contribution < -0.4 is 5.32 Å². The molecule has 5 nitrogen and oxygen atoms in total. The van der Waals surface area contributed by atoms with E-state index in [4.69, 9.17) is 0 Å². The molecule has 1 atom stereocenters. The van der Waals surface area contributed by atoms with E-state index in [0.29, 0.717) is 6.42 Å². The molecule has 0 aromatic carbocycles. The summed E-state index contributed by atoms with van der Waals surface area (Å²) in [5.41, 5.74) is 0. The van der Waals surface area contributed by atoms with Crippen LogP contribution in [-0.4, -0.2) is 35.2 Å². The fourth-order valence-corrected chi connectivity index (χ4v) is 1.47. The molecule has 1 heterocycles. The fraction of sp³-hybridized carbons (Fsp3) is 0.636. The molecule has 0 bridgehead atoms. The van der Waals surface area contributed by atoms with E-state index in [1.807, 2.05) is 24.7 Å². The van der Waals surface area contributed by atoms with Gasteiger partial charge in [-0.3, -0.25) is 4.79 Å². The summed E-state index contributed by atoms with van der Waals surface area (Å²) in [7, 11) is 3.38. The minimum atomic E-state index is -0.183. The lowest BCUT2D eigenvalue weighted by Gasteiger charge is -2.12. The van der Waals surface area contributed by atoms with Gasteiger partial charge in [0, 0.05) is 38.4 Å². The van der Waals surface area contributed by atoms with Crippen LogP contribution in [0.2, 0.25) is 0 Å². The third-order valence-electron chi connectivity index (χ3n) is 2.46. The molecule has 16 heavy (non-hydrogen) atoms. The zero-order valence-electron chi connectivity index (χ0n) is 10.1. The van der Waals surface area contributed by atoms with E-state index < -0.39 is 0 Å². The van der Waals surface area contributed by atoms with Crippen LogP contribution in [-0.2, 0) is 23.0 Å². The summed E-state index contributed by atoms with van der Waals surface area (Å²) >= 11 is 0. The van der Waals surface area contributed by atoms with Gasteiger partial charge in [-0.25, -0.2) is 4.98 Å². The standard InChI is InChI=1S/C11H19N3O2/c1-9(8-11(15)16-3)12-5-4-10-13-6-7-14(10)2/h6-7,9,12H,4-5,8H2,1-3H3. The molecule has 1 unspecified atom stereocenters. The number of aryl methyl sites for hydroxylation is 1. The maximum absolute atomic E-state index is 11.0. The van der Waals surface area contributed by atoms with E-state index in [1.165, 1.54) is 7.11 Å². The van der Waals surface area contributed by atoms with Crippen LogP contribution in [0.3, 0.4) is 0 Å². The van der Waals surface area contributed by atoms with Gasteiger partial charge >= 0.3 is 5.97 Å². The highest BCUT2D eigenvalue weighted by molar-refractivity contribution is 5.69. The highest BCUT2D eigenvalue weighted by Crippen LogP contribution is 1.96. The predicted octanol–water partition coefficient (Wildman–Crippen LogP) is 0.504. The third-order valence-corrected chi connectivity index (χ3v) is 2.46. The second kappa shape index (κ2) is 6.27. The lowest BCUT2D eigenvalue weighted by molar-refractivity contribution is -0.141. The zero-order valence-corrected chi connectivity index (χ0v) is 10.1. The van der Waals surface area contributed by atoms with Gasteiger partial charge in [-0.1, -0.05) is 0 Å². The Morgan fingerprint density at radius 1 is 1.69 bits per heavy atom. The largest absolute Gasteiger partial charge is 0.469 e. The molecule has 90 valence electrons. The lowest BCUT2D eigenvalue weighted by atomic mass is 10.2. The predicted molar refractivity (Wildman–Crippen MR) is 61.0 cm³/mol. The van der Waals surface area contributed by atoms with Gasteiger partial charge in [0.1, 0.15) is 5.82 Å². The number of esters is 1. The van der Waals surface area contributed by atoms with Crippen LogP contribution in [0, 0.1) is 0 Å². The average molecular weight is 225 g/mol. The summed E-state index contributed by atoms with van der Waals surface area (Å²) in [5, 5.41) is 3.26. The second-order valence-corrected chi connectivity index (χ2v) is 3.84. The number of hydrogen-bond donors (Lipinski definition) is 1. The van der Waals surface area contributed by atoms with Gasteiger partial charge < -0.3 is 14.6 Å². The number of aromatic nitrogens is 2. The Morgan fingerprint density at radius 2 is 2.44 bits per heavy atom. The number of ether oxygens (including phenoxy) is 1. The van der Waals surface area contributed by atoms with Crippen molar-refractivity contribution in [2.45, 2.75) is 25.8 Å². The normalized spacial score (nSPS) is 12.4. The van der Waals surface area contributed by atoms with Gasteiger partial charge in [0.05, 0.1) is 13.5 Å². The van der Waals surface area contributed by atoms with Crippen molar-refractivity contribution in [3.05, 3.63) is 18.2 Å². The van der Waals surface area contributed by atoms with Crippen molar-refractivity contribution in [3.63, 3.8) is 0 Å². The number of carbonyl (C=O) groups excluding carboxylic acids is 1. The minimum Gasteiger partial charge on any atom is -0.469 e. The Morgan fingerprint density at radius 3 is 3.00 bits per heavy atom. The summed E-state index contributed by atoms with van der Waals surface area (Å²) in [6.07, 6.45) is 4.96. The highest BCUT2D eigenvalue weighted by atomic mass is 16.5. The Hall–Kier alpha value is -1.36. The monoisotopic (exact) mass is 225 g/mol. The van der Waals surface area contributed by atoms with Crippen molar-refractivity contribution in [3.8, 4) is 0 Å². The van der Waals surface area contributed by atoms with E-state index >= 15 is 0 Å². The summed E-state index contributed by atoms with van der Waals surface area (Å²) in [5.74, 6) is 0.856. The molecule has 5 heteroatoms. The molecule has 0 saturated carbocycles. The van der Waals surface area contributed by atoms with Gasteiger partial charge in [0.25, 0.3) is 0 Å². The maximum Gasteiger partial charge on any atom is 0.307 e. The molecule has 0 aliphatic carbocycles. The van der Waals surface area contributed by atoms with E-state index in [0.717, 1.165) is 18.8 Å². The molecule has 1 aromatic heterocycles. The Bertz CT molecular complexity index is 336. The Kier molecular flexibility index (Phi) is 4.98. The average Bonchev–Trinajstić information content (AvgIpc) is 2.64. The first-order chi connectivity index (χ1) is 7.63. The number of nitrogens with one attached hydrogen (secondary N) is 1. The molecular weight excluding hydrogens is 206 g/mol. The Labute approximate surface area is 95.8 Å².